The second-order valence-corrected chi connectivity index (χ2v) is 3.50. The van der Waals surface area contributed by atoms with Crippen LogP contribution in [0.2, 0.25) is 5.02 Å². The van der Waals surface area contributed by atoms with Gasteiger partial charge in [0.1, 0.15) is 10.8 Å². The first-order valence-electron chi connectivity index (χ1n) is 4.69. The summed E-state index contributed by atoms with van der Waals surface area (Å²) < 4.78 is 4.92. The minimum Gasteiger partial charge on any atom is -0.426 e. The van der Waals surface area contributed by atoms with Gasteiger partial charge in [-0.25, -0.2) is 0 Å². The molecule has 86 valence electrons. The Morgan fingerprint density at radius 3 is 2.75 bits per heavy atom. The van der Waals surface area contributed by atoms with Gasteiger partial charge in [-0.1, -0.05) is 18.5 Å². The fraction of sp³-hybridized carbons (Fsp3) is 0.300. The Bertz CT molecular complexity index is 419. The average molecular weight is 244 g/mol. The summed E-state index contributed by atoms with van der Waals surface area (Å²) >= 11 is 5.65. The Hall–Kier alpha value is -1.62. The third-order valence-electron chi connectivity index (χ3n) is 1.80. The van der Waals surface area contributed by atoms with E-state index in [1.807, 2.05) is 6.92 Å². The Morgan fingerprint density at radius 1 is 1.56 bits per heavy atom. The van der Waals surface area contributed by atoms with E-state index >= 15 is 0 Å². The maximum atomic E-state index is 11.1. The number of hydrogen-bond acceptors (Lipinski definition) is 4. The van der Waals surface area contributed by atoms with E-state index in [2.05, 4.69) is 0 Å². The predicted octanol–water partition coefficient (Wildman–Crippen LogP) is 2.95. The Balaban J connectivity index is 2.81. The van der Waals surface area contributed by atoms with Crippen LogP contribution in [0.3, 0.4) is 0 Å². The molecule has 0 aliphatic rings. The van der Waals surface area contributed by atoms with Gasteiger partial charge in [0.2, 0.25) is 0 Å². The van der Waals surface area contributed by atoms with Gasteiger partial charge in [-0.3, -0.25) is 14.9 Å². The van der Waals surface area contributed by atoms with Crippen LogP contribution in [0.4, 0.5) is 5.69 Å². The molecule has 0 atom stereocenters. The highest BCUT2D eigenvalue weighted by molar-refractivity contribution is 6.32. The predicted molar refractivity (Wildman–Crippen MR) is 58.6 cm³/mol. The molecule has 0 fully saturated rings. The summed E-state index contributed by atoms with van der Waals surface area (Å²) in [6.45, 7) is 1.85. The Morgan fingerprint density at radius 2 is 2.25 bits per heavy atom. The number of rotatable bonds is 4. The quantitative estimate of drug-likeness (QED) is 0.353. The van der Waals surface area contributed by atoms with E-state index in [-0.39, 0.29) is 22.4 Å². The molecule has 0 N–H and O–H groups in total. The highest BCUT2D eigenvalue weighted by Gasteiger charge is 2.13. The minimum absolute atomic E-state index is 0.0493. The molecule has 1 rings (SSSR count). The first-order valence-corrected chi connectivity index (χ1v) is 5.07. The summed E-state index contributed by atoms with van der Waals surface area (Å²) in [5.74, 6) is -0.165. The average Bonchev–Trinajstić information content (AvgIpc) is 2.17. The smallest absolute Gasteiger partial charge is 0.311 e. The van der Waals surface area contributed by atoms with Crippen molar-refractivity contribution in [3.05, 3.63) is 33.3 Å². The van der Waals surface area contributed by atoms with Crippen molar-refractivity contribution in [1.29, 1.82) is 0 Å². The molecule has 0 radical (unpaired) electrons. The van der Waals surface area contributed by atoms with Crippen molar-refractivity contribution in [2.24, 2.45) is 0 Å². The molecule has 0 aromatic heterocycles. The number of carbonyl (C=O) groups is 1. The van der Waals surface area contributed by atoms with Crippen LogP contribution in [0, 0.1) is 10.1 Å². The van der Waals surface area contributed by atoms with Crippen LogP contribution in [0.25, 0.3) is 0 Å². The van der Waals surface area contributed by atoms with Gasteiger partial charge in [0.25, 0.3) is 5.69 Å². The summed E-state index contributed by atoms with van der Waals surface area (Å²) in [5.41, 5.74) is -0.211. The number of carbonyl (C=O) groups excluding carboxylic acids is 1. The van der Waals surface area contributed by atoms with Gasteiger partial charge >= 0.3 is 5.97 Å². The van der Waals surface area contributed by atoms with Crippen LogP contribution in [-0.2, 0) is 4.79 Å². The van der Waals surface area contributed by atoms with E-state index in [0.717, 1.165) is 0 Å². The minimum atomic E-state index is -0.597. The molecular weight excluding hydrogens is 234 g/mol. The molecule has 0 amide bonds. The molecular formula is C10H10ClNO4. The fourth-order valence-electron chi connectivity index (χ4n) is 1.09. The molecule has 0 saturated carbocycles. The van der Waals surface area contributed by atoms with Gasteiger partial charge in [-0.05, 0) is 12.5 Å². The number of halogens is 1. The maximum Gasteiger partial charge on any atom is 0.311 e. The molecule has 0 saturated heterocycles. The topological polar surface area (TPSA) is 69.4 Å². The molecule has 5 nitrogen and oxygen atoms in total. The van der Waals surface area contributed by atoms with E-state index < -0.39 is 4.92 Å². The van der Waals surface area contributed by atoms with E-state index in [1.54, 1.807) is 0 Å². The Kier molecular flexibility index (Phi) is 4.25. The van der Waals surface area contributed by atoms with Crippen LogP contribution < -0.4 is 4.74 Å². The summed E-state index contributed by atoms with van der Waals surface area (Å²) in [7, 11) is 0. The first-order chi connectivity index (χ1) is 7.54. The van der Waals surface area contributed by atoms with Crippen LogP contribution in [0.1, 0.15) is 19.8 Å². The monoisotopic (exact) mass is 243 g/mol. The van der Waals surface area contributed by atoms with E-state index in [9.17, 15) is 14.9 Å². The molecule has 0 spiro atoms. The largest absolute Gasteiger partial charge is 0.426 e. The summed E-state index contributed by atoms with van der Waals surface area (Å²) in [6.07, 6.45) is 0.980. The zero-order valence-corrected chi connectivity index (χ0v) is 9.36. The number of nitro groups is 1. The first kappa shape index (κ1) is 12.4. The van der Waals surface area contributed by atoms with Crippen LogP contribution >= 0.6 is 11.6 Å². The molecule has 1 aromatic carbocycles. The molecule has 0 unspecified atom stereocenters. The summed E-state index contributed by atoms with van der Waals surface area (Å²) in [4.78, 5) is 21.0. The molecule has 6 heteroatoms. The van der Waals surface area contributed by atoms with Crippen molar-refractivity contribution in [3.63, 3.8) is 0 Å². The second kappa shape index (κ2) is 5.46. The van der Waals surface area contributed by atoms with Crippen molar-refractivity contribution in [2.75, 3.05) is 0 Å². The van der Waals surface area contributed by atoms with Crippen molar-refractivity contribution >= 4 is 23.3 Å². The third-order valence-corrected chi connectivity index (χ3v) is 2.10. The fourth-order valence-corrected chi connectivity index (χ4v) is 1.33. The SMILES string of the molecule is CCCC(=O)Oc1ccc([N+](=O)[O-])c(Cl)c1. The highest BCUT2D eigenvalue weighted by Crippen LogP contribution is 2.28. The number of esters is 1. The van der Waals surface area contributed by atoms with Crippen molar-refractivity contribution in [3.8, 4) is 5.75 Å². The van der Waals surface area contributed by atoms with Crippen molar-refractivity contribution < 1.29 is 14.5 Å². The molecule has 16 heavy (non-hydrogen) atoms. The van der Waals surface area contributed by atoms with Gasteiger partial charge in [0.15, 0.2) is 0 Å². The van der Waals surface area contributed by atoms with Crippen LogP contribution in [0.15, 0.2) is 18.2 Å². The standard InChI is InChI=1S/C10H10ClNO4/c1-2-3-10(13)16-7-4-5-9(12(14)15)8(11)6-7/h4-6H,2-3H2,1H3. The maximum absolute atomic E-state index is 11.1. The lowest BCUT2D eigenvalue weighted by Gasteiger charge is -2.03. The van der Waals surface area contributed by atoms with Crippen LogP contribution in [0.5, 0.6) is 5.75 Å². The lowest BCUT2D eigenvalue weighted by molar-refractivity contribution is -0.384. The molecule has 0 bridgehead atoms. The molecule has 0 aliphatic carbocycles. The normalized spacial score (nSPS) is 9.88. The summed E-state index contributed by atoms with van der Waals surface area (Å²) in [5, 5.41) is 10.4. The molecule has 0 heterocycles. The summed E-state index contributed by atoms with van der Waals surface area (Å²) in [6, 6.07) is 3.81. The van der Waals surface area contributed by atoms with E-state index in [0.29, 0.717) is 12.8 Å². The zero-order chi connectivity index (χ0) is 12.1. The van der Waals surface area contributed by atoms with Gasteiger partial charge < -0.3 is 4.74 Å². The van der Waals surface area contributed by atoms with E-state index in [1.165, 1.54) is 18.2 Å². The number of benzene rings is 1. The zero-order valence-electron chi connectivity index (χ0n) is 8.60. The Labute approximate surface area is 97.1 Å². The lowest BCUT2D eigenvalue weighted by Crippen LogP contribution is -2.06. The van der Waals surface area contributed by atoms with Gasteiger partial charge in [0.05, 0.1) is 4.92 Å². The number of nitro benzene ring substituents is 1. The van der Waals surface area contributed by atoms with Gasteiger partial charge in [-0.15, -0.1) is 0 Å². The van der Waals surface area contributed by atoms with Gasteiger partial charge in [-0.2, -0.15) is 0 Å². The highest BCUT2D eigenvalue weighted by atomic mass is 35.5. The van der Waals surface area contributed by atoms with E-state index in [4.69, 9.17) is 16.3 Å². The lowest BCUT2D eigenvalue weighted by atomic mass is 10.3. The third kappa shape index (κ3) is 3.20. The molecule has 1 aromatic rings. The molecule has 0 aliphatic heterocycles. The number of ether oxygens (including phenoxy) is 1. The van der Waals surface area contributed by atoms with Crippen LogP contribution in [-0.4, -0.2) is 10.9 Å². The van der Waals surface area contributed by atoms with Gasteiger partial charge in [0, 0.05) is 18.6 Å². The number of nitrogens with zero attached hydrogens (tertiary/aromatic N) is 1. The number of hydrogen-bond donors (Lipinski definition) is 0. The second-order valence-electron chi connectivity index (χ2n) is 3.09. The van der Waals surface area contributed by atoms with Crippen molar-refractivity contribution in [2.45, 2.75) is 19.8 Å². The van der Waals surface area contributed by atoms with Crippen molar-refractivity contribution in [1.82, 2.24) is 0 Å².